The van der Waals surface area contributed by atoms with Crippen LogP contribution in [0.1, 0.15) is 15.9 Å². The molecule has 4 rings (SSSR count). The van der Waals surface area contributed by atoms with Crippen LogP contribution in [0, 0.1) is 6.92 Å². The number of aryl methyl sites for hydroxylation is 1. The van der Waals surface area contributed by atoms with Gasteiger partial charge in [-0.3, -0.25) is 9.59 Å². The highest BCUT2D eigenvalue weighted by atomic mass is 35.5. The maximum atomic E-state index is 12.8. The number of hydrogen-bond donors (Lipinski definition) is 1. The highest BCUT2D eigenvalue weighted by molar-refractivity contribution is 8.00. The van der Waals surface area contributed by atoms with Gasteiger partial charge in [-0.15, -0.1) is 11.8 Å². The Morgan fingerprint density at radius 3 is 2.30 bits per heavy atom. The van der Waals surface area contributed by atoms with Crippen LogP contribution in [0.3, 0.4) is 0 Å². The van der Waals surface area contributed by atoms with Crippen molar-refractivity contribution in [1.29, 1.82) is 0 Å². The van der Waals surface area contributed by atoms with Gasteiger partial charge in [0.2, 0.25) is 5.91 Å². The third kappa shape index (κ3) is 6.30. The van der Waals surface area contributed by atoms with Crippen molar-refractivity contribution in [2.45, 2.75) is 11.8 Å². The molecule has 2 amide bonds. The van der Waals surface area contributed by atoms with Crippen molar-refractivity contribution in [2.75, 3.05) is 42.1 Å². The standard InChI is InChI=1S/C26H26ClN3O2S/c1-19-3-2-4-20(17-19)26(32)30-15-13-29(14-16-30)23-9-7-22(8-10-23)28-25(31)18-33-24-11-5-21(27)6-12-24/h2-12,17H,13-16,18H2,1H3,(H,28,31). The van der Waals surface area contributed by atoms with Gasteiger partial charge in [-0.25, -0.2) is 0 Å². The van der Waals surface area contributed by atoms with Crippen LogP contribution in [0.4, 0.5) is 11.4 Å². The lowest BCUT2D eigenvalue weighted by Crippen LogP contribution is -2.48. The fourth-order valence-electron chi connectivity index (χ4n) is 3.76. The van der Waals surface area contributed by atoms with Crippen LogP contribution < -0.4 is 10.2 Å². The number of rotatable bonds is 6. The SMILES string of the molecule is Cc1cccc(C(=O)N2CCN(c3ccc(NC(=O)CSc4ccc(Cl)cc4)cc3)CC2)c1. The highest BCUT2D eigenvalue weighted by Gasteiger charge is 2.22. The third-order valence-electron chi connectivity index (χ3n) is 5.53. The molecule has 0 spiro atoms. The van der Waals surface area contributed by atoms with Crippen LogP contribution in [0.15, 0.2) is 77.7 Å². The van der Waals surface area contributed by atoms with E-state index >= 15 is 0 Å². The molecule has 1 heterocycles. The zero-order valence-corrected chi connectivity index (χ0v) is 20.0. The topological polar surface area (TPSA) is 52.7 Å². The molecule has 0 aromatic heterocycles. The van der Waals surface area contributed by atoms with Crippen LogP contribution in [-0.2, 0) is 4.79 Å². The minimum Gasteiger partial charge on any atom is -0.368 e. The first-order chi connectivity index (χ1) is 16.0. The van der Waals surface area contributed by atoms with Crippen molar-refractivity contribution in [3.63, 3.8) is 0 Å². The van der Waals surface area contributed by atoms with Crippen LogP contribution in [0.25, 0.3) is 0 Å². The maximum Gasteiger partial charge on any atom is 0.253 e. The molecule has 1 aliphatic rings. The molecule has 0 unspecified atom stereocenters. The Balaban J connectivity index is 1.26. The normalized spacial score (nSPS) is 13.6. The summed E-state index contributed by atoms with van der Waals surface area (Å²) in [6.45, 7) is 4.93. The van der Waals surface area contributed by atoms with Crippen molar-refractivity contribution >= 4 is 46.6 Å². The van der Waals surface area contributed by atoms with Crippen molar-refractivity contribution in [3.05, 3.63) is 88.9 Å². The zero-order valence-electron chi connectivity index (χ0n) is 18.5. The number of hydrogen-bond acceptors (Lipinski definition) is 4. The summed E-state index contributed by atoms with van der Waals surface area (Å²) in [5, 5.41) is 3.62. The minimum absolute atomic E-state index is 0.0500. The second-order valence-electron chi connectivity index (χ2n) is 7.99. The monoisotopic (exact) mass is 479 g/mol. The lowest BCUT2D eigenvalue weighted by atomic mass is 10.1. The quantitative estimate of drug-likeness (QED) is 0.485. The van der Waals surface area contributed by atoms with Crippen molar-refractivity contribution in [3.8, 4) is 0 Å². The predicted molar refractivity (Wildman–Crippen MR) is 137 cm³/mol. The molecular formula is C26H26ClN3O2S. The fourth-order valence-corrected chi connectivity index (χ4v) is 4.59. The smallest absolute Gasteiger partial charge is 0.253 e. The van der Waals surface area contributed by atoms with E-state index in [0.717, 1.165) is 40.5 Å². The lowest BCUT2D eigenvalue weighted by molar-refractivity contribution is -0.113. The summed E-state index contributed by atoms with van der Waals surface area (Å²) in [7, 11) is 0. The number of amides is 2. The van der Waals surface area contributed by atoms with E-state index in [4.69, 9.17) is 11.6 Å². The minimum atomic E-state index is -0.0500. The molecule has 33 heavy (non-hydrogen) atoms. The Kier molecular flexibility index (Phi) is 7.57. The molecule has 1 fully saturated rings. The molecule has 3 aromatic carbocycles. The van der Waals surface area contributed by atoms with Gasteiger partial charge < -0.3 is 15.1 Å². The van der Waals surface area contributed by atoms with Crippen molar-refractivity contribution in [2.24, 2.45) is 0 Å². The Hall–Kier alpha value is -2.96. The van der Waals surface area contributed by atoms with E-state index in [0.29, 0.717) is 23.9 Å². The van der Waals surface area contributed by atoms with Gasteiger partial charge in [0.25, 0.3) is 5.91 Å². The van der Waals surface area contributed by atoms with Gasteiger partial charge in [-0.05, 0) is 67.6 Å². The number of nitrogens with zero attached hydrogens (tertiary/aromatic N) is 2. The maximum absolute atomic E-state index is 12.8. The van der Waals surface area contributed by atoms with E-state index in [9.17, 15) is 9.59 Å². The number of nitrogens with one attached hydrogen (secondary N) is 1. The van der Waals surface area contributed by atoms with Gasteiger partial charge >= 0.3 is 0 Å². The van der Waals surface area contributed by atoms with Gasteiger partial charge in [0, 0.05) is 53.0 Å². The fraction of sp³-hybridized carbons (Fsp3) is 0.231. The summed E-state index contributed by atoms with van der Waals surface area (Å²) in [6, 6.07) is 23.1. The van der Waals surface area contributed by atoms with Gasteiger partial charge in [-0.2, -0.15) is 0 Å². The number of anilines is 2. The number of thioether (sulfide) groups is 1. The molecule has 1 saturated heterocycles. The number of carbonyl (C=O) groups excluding carboxylic acids is 2. The second-order valence-corrected chi connectivity index (χ2v) is 9.47. The predicted octanol–water partition coefficient (Wildman–Crippen LogP) is 5.34. The average Bonchev–Trinajstić information content (AvgIpc) is 2.84. The Morgan fingerprint density at radius 1 is 0.939 bits per heavy atom. The molecule has 1 N–H and O–H groups in total. The van der Waals surface area contributed by atoms with Gasteiger partial charge in [0.15, 0.2) is 0 Å². The van der Waals surface area contributed by atoms with Crippen LogP contribution in [0.2, 0.25) is 5.02 Å². The van der Waals surface area contributed by atoms with E-state index in [2.05, 4.69) is 10.2 Å². The summed E-state index contributed by atoms with van der Waals surface area (Å²) in [5.74, 6) is 0.374. The Labute approximate surface area is 203 Å². The zero-order chi connectivity index (χ0) is 23.2. The van der Waals surface area contributed by atoms with Gasteiger partial charge in [0.1, 0.15) is 0 Å². The summed E-state index contributed by atoms with van der Waals surface area (Å²) in [5.41, 5.74) is 3.70. The van der Waals surface area contributed by atoms with Gasteiger partial charge in [-0.1, -0.05) is 29.3 Å². The summed E-state index contributed by atoms with van der Waals surface area (Å²) in [6.07, 6.45) is 0. The Bertz CT molecular complexity index is 1110. The molecule has 0 atom stereocenters. The van der Waals surface area contributed by atoms with E-state index in [1.165, 1.54) is 11.8 Å². The molecule has 170 valence electrons. The molecule has 0 aliphatic carbocycles. The van der Waals surface area contributed by atoms with Gasteiger partial charge in [0.05, 0.1) is 5.75 Å². The molecule has 5 nitrogen and oxygen atoms in total. The number of benzene rings is 3. The van der Waals surface area contributed by atoms with Crippen LogP contribution in [-0.4, -0.2) is 48.6 Å². The van der Waals surface area contributed by atoms with Crippen LogP contribution >= 0.6 is 23.4 Å². The third-order valence-corrected chi connectivity index (χ3v) is 6.80. The summed E-state index contributed by atoms with van der Waals surface area (Å²) >= 11 is 7.37. The number of halogens is 1. The lowest BCUT2D eigenvalue weighted by Gasteiger charge is -2.36. The van der Waals surface area contributed by atoms with E-state index in [1.807, 2.05) is 84.6 Å². The van der Waals surface area contributed by atoms with E-state index in [1.54, 1.807) is 0 Å². The second kappa shape index (κ2) is 10.8. The molecule has 0 radical (unpaired) electrons. The van der Waals surface area contributed by atoms with Crippen molar-refractivity contribution in [1.82, 2.24) is 4.90 Å². The number of carbonyl (C=O) groups is 2. The molecule has 7 heteroatoms. The molecular weight excluding hydrogens is 454 g/mol. The van der Waals surface area contributed by atoms with E-state index < -0.39 is 0 Å². The first-order valence-corrected chi connectivity index (χ1v) is 12.2. The molecule has 1 aliphatic heterocycles. The molecule has 0 saturated carbocycles. The van der Waals surface area contributed by atoms with Crippen molar-refractivity contribution < 1.29 is 9.59 Å². The highest BCUT2D eigenvalue weighted by Crippen LogP contribution is 2.22. The summed E-state index contributed by atoms with van der Waals surface area (Å²) < 4.78 is 0. The molecule has 0 bridgehead atoms. The first-order valence-electron chi connectivity index (χ1n) is 10.9. The number of piperazine rings is 1. The largest absolute Gasteiger partial charge is 0.368 e. The Morgan fingerprint density at radius 2 is 1.64 bits per heavy atom. The molecule has 3 aromatic rings. The van der Waals surface area contributed by atoms with Crippen LogP contribution in [0.5, 0.6) is 0 Å². The first kappa shape index (κ1) is 23.2. The average molecular weight is 480 g/mol. The summed E-state index contributed by atoms with van der Waals surface area (Å²) in [4.78, 5) is 30.2. The van der Waals surface area contributed by atoms with E-state index in [-0.39, 0.29) is 11.8 Å².